The van der Waals surface area contributed by atoms with Crippen LogP contribution in [-0.2, 0) is 0 Å². The normalized spacial score (nSPS) is 37.1. The highest BCUT2D eigenvalue weighted by molar-refractivity contribution is 5.09. The van der Waals surface area contributed by atoms with E-state index in [0.29, 0.717) is 17.8 Å². The van der Waals surface area contributed by atoms with E-state index in [1.807, 2.05) is 0 Å². The average Bonchev–Trinajstić information content (AvgIpc) is 2.92. The van der Waals surface area contributed by atoms with Crippen molar-refractivity contribution in [3.63, 3.8) is 0 Å². The second-order valence-corrected chi connectivity index (χ2v) is 5.76. The van der Waals surface area contributed by atoms with Crippen LogP contribution in [0.15, 0.2) is 4.52 Å². The van der Waals surface area contributed by atoms with Crippen LogP contribution in [0.3, 0.4) is 0 Å². The van der Waals surface area contributed by atoms with E-state index in [2.05, 4.69) is 17.1 Å². The molecule has 2 N–H and O–H groups in total. The monoisotopic (exact) mass is 235 g/mol. The number of aromatic nitrogens is 2. The van der Waals surface area contributed by atoms with E-state index in [1.165, 1.54) is 19.3 Å². The van der Waals surface area contributed by atoms with Gasteiger partial charge in [-0.05, 0) is 50.5 Å². The quantitative estimate of drug-likeness (QED) is 0.873. The Morgan fingerprint density at radius 3 is 2.59 bits per heavy atom. The van der Waals surface area contributed by atoms with Crippen LogP contribution in [0, 0.1) is 11.8 Å². The molecule has 4 nitrogen and oxygen atoms in total. The van der Waals surface area contributed by atoms with Crippen molar-refractivity contribution in [1.82, 2.24) is 10.1 Å². The zero-order chi connectivity index (χ0) is 11.8. The summed E-state index contributed by atoms with van der Waals surface area (Å²) in [6.45, 7) is 3.06. The van der Waals surface area contributed by atoms with Gasteiger partial charge in [0.15, 0.2) is 5.82 Å². The second-order valence-electron chi connectivity index (χ2n) is 5.76. The zero-order valence-electron chi connectivity index (χ0n) is 10.4. The molecule has 0 amide bonds. The molecule has 2 aliphatic carbocycles. The smallest absolute Gasteiger partial charge is 0.229 e. The predicted molar refractivity (Wildman–Crippen MR) is 64.6 cm³/mol. The Kier molecular flexibility index (Phi) is 2.90. The molecular weight excluding hydrogens is 214 g/mol. The minimum Gasteiger partial charge on any atom is -0.339 e. The van der Waals surface area contributed by atoms with E-state index in [-0.39, 0.29) is 0 Å². The topological polar surface area (TPSA) is 64.9 Å². The summed E-state index contributed by atoms with van der Waals surface area (Å²) in [5, 5.41) is 4.13. The minimum absolute atomic E-state index is 0.480. The molecule has 1 aromatic heterocycles. The van der Waals surface area contributed by atoms with E-state index >= 15 is 0 Å². The van der Waals surface area contributed by atoms with Crippen molar-refractivity contribution in [3.05, 3.63) is 11.7 Å². The molecule has 0 radical (unpaired) electrons. The summed E-state index contributed by atoms with van der Waals surface area (Å²) in [7, 11) is 0. The molecule has 1 aromatic rings. The molecule has 2 saturated carbocycles. The molecule has 2 unspecified atom stereocenters. The van der Waals surface area contributed by atoms with Gasteiger partial charge in [0.25, 0.3) is 0 Å². The summed E-state index contributed by atoms with van der Waals surface area (Å²) < 4.78 is 5.43. The van der Waals surface area contributed by atoms with Crippen LogP contribution in [0.4, 0.5) is 0 Å². The van der Waals surface area contributed by atoms with E-state index in [4.69, 9.17) is 10.3 Å². The highest BCUT2D eigenvalue weighted by Crippen LogP contribution is 2.46. The summed E-state index contributed by atoms with van der Waals surface area (Å²) in [5.41, 5.74) is 5.70. The van der Waals surface area contributed by atoms with Crippen LogP contribution in [0.25, 0.3) is 0 Å². The van der Waals surface area contributed by atoms with E-state index in [0.717, 1.165) is 37.0 Å². The summed E-state index contributed by atoms with van der Waals surface area (Å²) in [6.07, 6.45) is 5.95. The number of hydrogen-bond donors (Lipinski definition) is 1. The Labute approximate surface area is 102 Å². The van der Waals surface area contributed by atoms with Crippen LogP contribution in [-0.4, -0.2) is 16.7 Å². The maximum absolute atomic E-state index is 5.70. The first-order chi connectivity index (χ1) is 8.28. The lowest BCUT2D eigenvalue weighted by atomic mass is 9.82. The molecule has 2 atom stereocenters. The molecule has 2 aliphatic rings. The van der Waals surface area contributed by atoms with Gasteiger partial charge in [-0.2, -0.15) is 4.98 Å². The molecule has 94 valence electrons. The molecule has 0 spiro atoms. The van der Waals surface area contributed by atoms with Gasteiger partial charge in [0.05, 0.1) is 0 Å². The van der Waals surface area contributed by atoms with Crippen LogP contribution in [0.2, 0.25) is 0 Å². The lowest BCUT2D eigenvalue weighted by Gasteiger charge is -2.24. The van der Waals surface area contributed by atoms with Crippen LogP contribution in [0.1, 0.15) is 62.6 Å². The zero-order valence-corrected chi connectivity index (χ0v) is 10.4. The van der Waals surface area contributed by atoms with Crippen LogP contribution < -0.4 is 5.73 Å². The fraction of sp³-hybridized carbons (Fsp3) is 0.846. The fourth-order valence-electron chi connectivity index (χ4n) is 2.89. The lowest BCUT2D eigenvalue weighted by molar-refractivity contribution is 0.274. The molecular formula is C13H21N3O. The minimum atomic E-state index is 0.480. The van der Waals surface area contributed by atoms with Gasteiger partial charge in [0, 0.05) is 11.8 Å². The highest BCUT2D eigenvalue weighted by Gasteiger charge is 2.38. The second kappa shape index (κ2) is 4.41. The molecule has 2 fully saturated rings. The van der Waals surface area contributed by atoms with Gasteiger partial charge in [-0.1, -0.05) is 12.1 Å². The predicted octanol–water partition coefficient (Wildman–Crippen LogP) is 2.43. The Bertz CT molecular complexity index is 382. The standard InChI is InChI=1S/C13H21N3O/c1-8-6-11(8)12-15-13(17-16-12)10-4-2-9(7-14)3-5-10/h8-11H,2-7,14H2,1H3. The van der Waals surface area contributed by atoms with E-state index in [1.54, 1.807) is 0 Å². The fourth-order valence-corrected chi connectivity index (χ4v) is 2.89. The number of nitrogens with two attached hydrogens (primary N) is 1. The van der Waals surface area contributed by atoms with Crippen molar-refractivity contribution in [2.45, 2.75) is 50.9 Å². The van der Waals surface area contributed by atoms with Gasteiger partial charge in [0.2, 0.25) is 5.89 Å². The summed E-state index contributed by atoms with van der Waals surface area (Å²) in [4.78, 5) is 4.59. The summed E-state index contributed by atoms with van der Waals surface area (Å²) in [5.74, 6) is 4.30. The van der Waals surface area contributed by atoms with Gasteiger partial charge >= 0.3 is 0 Å². The number of hydrogen-bond acceptors (Lipinski definition) is 4. The van der Waals surface area contributed by atoms with Gasteiger partial charge in [-0.15, -0.1) is 0 Å². The third-order valence-corrected chi connectivity index (χ3v) is 4.43. The van der Waals surface area contributed by atoms with Crippen molar-refractivity contribution in [3.8, 4) is 0 Å². The highest BCUT2D eigenvalue weighted by atomic mass is 16.5. The van der Waals surface area contributed by atoms with Gasteiger partial charge < -0.3 is 10.3 Å². The number of nitrogens with zero attached hydrogens (tertiary/aromatic N) is 2. The summed E-state index contributed by atoms with van der Waals surface area (Å²) in [6, 6.07) is 0. The number of rotatable bonds is 3. The first kappa shape index (κ1) is 11.2. The first-order valence-corrected chi connectivity index (χ1v) is 6.81. The maximum atomic E-state index is 5.70. The molecule has 1 heterocycles. The summed E-state index contributed by atoms with van der Waals surface area (Å²) >= 11 is 0. The molecule has 0 saturated heterocycles. The van der Waals surface area contributed by atoms with Crippen molar-refractivity contribution in [2.75, 3.05) is 6.54 Å². The molecule has 0 aromatic carbocycles. The molecule has 4 heteroatoms. The van der Waals surface area contributed by atoms with Crippen molar-refractivity contribution >= 4 is 0 Å². The van der Waals surface area contributed by atoms with Crippen molar-refractivity contribution in [2.24, 2.45) is 17.6 Å². The van der Waals surface area contributed by atoms with Crippen molar-refractivity contribution in [1.29, 1.82) is 0 Å². The molecule has 0 aliphatic heterocycles. The SMILES string of the molecule is CC1CC1c1noc(C2CCC(CN)CC2)n1. The van der Waals surface area contributed by atoms with Crippen LogP contribution >= 0.6 is 0 Å². The molecule has 0 bridgehead atoms. The Morgan fingerprint density at radius 2 is 2.00 bits per heavy atom. The van der Waals surface area contributed by atoms with Gasteiger partial charge in [-0.3, -0.25) is 0 Å². The first-order valence-electron chi connectivity index (χ1n) is 6.81. The van der Waals surface area contributed by atoms with E-state index < -0.39 is 0 Å². The third-order valence-electron chi connectivity index (χ3n) is 4.43. The van der Waals surface area contributed by atoms with Gasteiger partial charge in [-0.25, -0.2) is 0 Å². The largest absolute Gasteiger partial charge is 0.339 e. The Morgan fingerprint density at radius 1 is 1.29 bits per heavy atom. The maximum Gasteiger partial charge on any atom is 0.229 e. The Balaban J connectivity index is 1.63. The average molecular weight is 235 g/mol. The molecule has 17 heavy (non-hydrogen) atoms. The lowest BCUT2D eigenvalue weighted by Crippen LogP contribution is -2.20. The third kappa shape index (κ3) is 2.23. The van der Waals surface area contributed by atoms with Gasteiger partial charge in [0.1, 0.15) is 0 Å². The van der Waals surface area contributed by atoms with E-state index in [9.17, 15) is 0 Å². The van der Waals surface area contributed by atoms with Crippen LogP contribution in [0.5, 0.6) is 0 Å². The molecule has 3 rings (SSSR count). The van der Waals surface area contributed by atoms with Crippen molar-refractivity contribution < 1.29 is 4.52 Å². The Hall–Kier alpha value is -0.900.